The second-order valence-corrected chi connectivity index (χ2v) is 10.7. The number of nitrogens with one attached hydrogen (secondary N) is 1. The summed E-state index contributed by atoms with van der Waals surface area (Å²) in [4.78, 5) is 12.8. The van der Waals surface area contributed by atoms with E-state index in [0.29, 0.717) is 18.0 Å². The van der Waals surface area contributed by atoms with Gasteiger partial charge in [0.25, 0.3) is 5.91 Å². The average molecular weight is 458 g/mol. The first-order chi connectivity index (χ1) is 14.7. The zero-order valence-corrected chi connectivity index (χ0v) is 19.0. The van der Waals surface area contributed by atoms with Crippen molar-refractivity contribution in [2.45, 2.75) is 32.9 Å². The van der Waals surface area contributed by atoms with Crippen molar-refractivity contribution in [3.63, 3.8) is 0 Å². The van der Waals surface area contributed by atoms with Crippen molar-refractivity contribution in [1.82, 2.24) is 15.1 Å². The first kappa shape index (κ1) is 21.6. The van der Waals surface area contributed by atoms with Crippen LogP contribution in [-0.4, -0.2) is 35.6 Å². The van der Waals surface area contributed by atoms with Crippen molar-refractivity contribution in [2.24, 2.45) is 0 Å². The molecule has 1 aliphatic heterocycles. The molecule has 0 spiro atoms. The predicted octanol–water partition coefficient (Wildman–Crippen LogP) is 4.11. The molecule has 0 bridgehead atoms. The highest BCUT2D eigenvalue weighted by molar-refractivity contribution is 7.91. The number of halogens is 1. The van der Waals surface area contributed by atoms with Gasteiger partial charge in [-0.1, -0.05) is 35.9 Å². The fraction of sp³-hybridized carbons (Fsp3) is 0.304. The van der Waals surface area contributed by atoms with Gasteiger partial charge in [-0.25, -0.2) is 8.42 Å². The van der Waals surface area contributed by atoms with Crippen molar-refractivity contribution in [3.8, 4) is 11.3 Å². The standard InChI is InChI=1S/C23H24ClN3O3S/c1-15-3-6-18(11-16(15)2)22-12-21(26-27(22)20-9-10-31(29,30)14-20)23(28)25-13-17-4-7-19(24)8-5-17/h3-8,11-12,20H,9-10,13-14H2,1-2H3,(H,25,28). The normalized spacial score (nSPS) is 17.6. The van der Waals surface area contributed by atoms with E-state index >= 15 is 0 Å². The van der Waals surface area contributed by atoms with Crippen LogP contribution in [0.4, 0.5) is 0 Å². The highest BCUT2D eigenvalue weighted by atomic mass is 35.5. The van der Waals surface area contributed by atoms with Gasteiger partial charge >= 0.3 is 0 Å². The molecule has 4 rings (SSSR count). The van der Waals surface area contributed by atoms with E-state index < -0.39 is 9.84 Å². The zero-order chi connectivity index (χ0) is 22.2. The number of aryl methyl sites for hydroxylation is 2. The molecular formula is C23H24ClN3O3S. The predicted molar refractivity (Wildman–Crippen MR) is 122 cm³/mol. The molecule has 1 amide bonds. The molecule has 1 aliphatic rings. The average Bonchev–Trinajstić information content (AvgIpc) is 3.33. The lowest BCUT2D eigenvalue weighted by Gasteiger charge is -2.14. The Morgan fingerprint density at radius 1 is 1.13 bits per heavy atom. The second kappa shape index (κ2) is 8.48. The van der Waals surface area contributed by atoms with Crippen LogP contribution in [0.1, 0.15) is 39.6 Å². The number of rotatable bonds is 5. The van der Waals surface area contributed by atoms with Gasteiger partial charge in [-0.3, -0.25) is 9.48 Å². The fourth-order valence-electron chi connectivity index (χ4n) is 3.74. The van der Waals surface area contributed by atoms with Gasteiger partial charge in [0.05, 0.1) is 23.2 Å². The van der Waals surface area contributed by atoms with Crippen LogP contribution < -0.4 is 5.32 Å². The number of carbonyl (C=O) groups is 1. The molecule has 31 heavy (non-hydrogen) atoms. The Labute approximate surface area is 187 Å². The second-order valence-electron chi connectivity index (χ2n) is 8.02. The maximum atomic E-state index is 12.8. The smallest absolute Gasteiger partial charge is 0.272 e. The highest BCUT2D eigenvalue weighted by Crippen LogP contribution is 2.31. The van der Waals surface area contributed by atoms with Crippen LogP contribution in [0, 0.1) is 13.8 Å². The Morgan fingerprint density at radius 2 is 1.87 bits per heavy atom. The van der Waals surface area contributed by atoms with Gasteiger partial charge in [0, 0.05) is 17.1 Å². The van der Waals surface area contributed by atoms with E-state index in [9.17, 15) is 13.2 Å². The Kier molecular flexibility index (Phi) is 5.90. The van der Waals surface area contributed by atoms with Crippen molar-refractivity contribution in [3.05, 3.63) is 75.9 Å². The van der Waals surface area contributed by atoms with Crippen molar-refractivity contribution >= 4 is 27.3 Å². The lowest BCUT2D eigenvalue weighted by atomic mass is 10.0. The summed E-state index contributed by atoms with van der Waals surface area (Å²) in [6.07, 6.45) is 0.494. The summed E-state index contributed by atoms with van der Waals surface area (Å²) in [5.74, 6) is -0.125. The number of amides is 1. The minimum atomic E-state index is -3.09. The monoisotopic (exact) mass is 457 g/mol. The van der Waals surface area contributed by atoms with E-state index in [2.05, 4.69) is 10.4 Å². The number of carbonyl (C=O) groups excluding carboxylic acids is 1. The minimum Gasteiger partial charge on any atom is -0.347 e. The third kappa shape index (κ3) is 4.83. The van der Waals surface area contributed by atoms with Gasteiger partial charge < -0.3 is 5.32 Å². The van der Waals surface area contributed by atoms with Crippen LogP contribution in [-0.2, 0) is 16.4 Å². The molecule has 3 aromatic rings. The number of nitrogens with zero attached hydrogens (tertiary/aromatic N) is 2. The van der Waals surface area contributed by atoms with E-state index in [-0.39, 0.29) is 29.1 Å². The van der Waals surface area contributed by atoms with E-state index in [1.54, 1.807) is 22.9 Å². The summed E-state index contributed by atoms with van der Waals surface area (Å²) < 4.78 is 25.8. The maximum Gasteiger partial charge on any atom is 0.272 e. The summed E-state index contributed by atoms with van der Waals surface area (Å²) in [6.45, 7) is 4.41. The number of benzene rings is 2. The van der Waals surface area contributed by atoms with E-state index in [1.807, 2.05) is 44.2 Å². The topological polar surface area (TPSA) is 81.1 Å². The lowest BCUT2D eigenvalue weighted by Crippen LogP contribution is -2.23. The number of hydrogen-bond donors (Lipinski definition) is 1. The van der Waals surface area contributed by atoms with Crippen LogP contribution in [0.15, 0.2) is 48.5 Å². The van der Waals surface area contributed by atoms with Crippen LogP contribution in [0.25, 0.3) is 11.3 Å². The molecule has 162 valence electrons. The molecule has 0 aliphatic carbocycles. The minimum absolute atomic E-state index is 0.0400. The quantitative estimate of drug-likeness (QED) is 0.625. The van der Waals surface area contributed by atoms with Crippen LogP contribution >= 0.6 is 11.6 Å². The van der Waals surface area contributed by atoms with Gasteiger partial charge in [0.1, 0.15) is 0 Å². The van der Waals surface area contributed by atoms with Gasteiger partial charge in [-0.2, -0.15) is 5.10 Å². The van der Waals surface area contributed by atoms with Crippen molar-refractivity contribution in [2.75, 3.05) is 11.5 Å². The van der Waals surface area contributed by atoms with E-state index in [0.717, 1.165) is 22.4 Å². The molecule has 1 N–H and O–H groups in total. The Balaban J connectivity index is 1.64. The SMILES string of the molecule is Cc1ccc(-c2cc(C(=O)NCc3ccc(Cl)cc3)nn2C2CCS(=O)(=O)C2)cc1C. The molecule has 0 saturated carbocycles. The Bertz CT molecular complexity index is 1230. The first-order valence-corrected chi connectivity index (χ1v) is 12.3. The van der Waals surface area contributed by atoms with Crippen LogP contribution in [0.3, 0.4) is 0 Å². The molecule has 0 radical (unpaired) electrons. The fourth-order valence-corrected chi connectivity index (χ4v) is 5.56. The number of sulfone groups is 1. The maximum absolute atomic E-state index is 12.8. The lowest BCUT2D eigenvalue weighted by molar-refractivity contribution is 0.0945. The molecule has 6 nitrogen and oxygen atoms in total. The molecule has 2 aromatic carbocycles. The highest BCUT2D eigenvalue weighted by Gasteiger charge is 2.32. The zero-order valence-electron chi connectivity index (χ0n) is 17.4. The summed E-state index contributed by atoms with van der Waals surface area (Å²) in [7, 11) is -3.09. The van der Waals surface area contributed by atoms with Crippen LogP contribution in [0.2, 0.25) is 5.02 Å². The Hall–Kier alpha value is -2.64. The van der Waals surface area contributed by atoms with Crippen molar-refractivity contribution in [1.29, 1.82) is 0 Å². The molecule has 1 fully saturated rings. The molecular weight excluding hydrogens is 434 g/mol. The molecule has 2 heterocycles. The third-order valence-electron chi connectivity index (χ3n) is 5.69. The van der Waals surface area contributed by atoms with Crippen LogP contribution in [0.5, 0.6) is 0 Å². The van der Waals surface area contributed by atoms with Crippen molar-refractivity contribution < 1.29 is 13.2 Å². The largest absolute Gasteiger partial charge is 0.347 e. The summed E-state index contributed by atoms with van der Waals surface area (Å²) in [5, 5.41) is 8.05. The van der Waals surface area contributed by atoms with E-state index in [4.69, 9.17) is 11.6 Å². The molecule has 8 heteroatoms. The van der Waals surface area contributed by atoms with Gasteiger partial charge in [-0.15, -0.1) is 0 Å². The van der Waals surface area contributed by atoms with Gasteiger partial charge in [0.15, 0.2) is 15.5 Å². The third-order valence-corrected chi connectivity index (χ3v) is 7.69. The molecule has 1 unspecified atom stereocenters. The summed E-state index contributed by atoms with van der Waals surface area (Å²) in [6, 6.07) is 14.8. The van der Waals surface area contributed by atoms with Gasteiger partial charge in [-0.05, 0) is 61.2 Å². The summed E-state index contributed by atoms with van der Waals surface area (Å²) >= 11 is 5.91. The molecule has 1 aromatic heterocycles. The number of hydrogen-bond acceptors (Lipinski definition) is 4. The summed E-state index contributed by atoms with van der Waals surface area (Å²) in [5.41, 5.74) is 5.15. The van der Waals surface area contributed by atoms with E-state index in [1.165, 1.54) is 5.56 Å². The Morgan fingerprint density at radius 3 is 2.52 bits per heavy atom. The number of aromatic nitrogens is 2. The molecule has 1 saturated heterocycles. The first-order valence-electron chi connectivity index (χ1n) is 10.1. The molecule has 1 atom stereocenters. The van der Waals surface area contributed by atoms with Gasteiger partial charge in [0.2, 0.25) is 0 Å².